The normalized spacial score (nSPS) is 17.6. The Morgan fingerprint density at radius 3 is 2.30 bits per heavy atom. The van der Waals surface area contributed by atoms with Crippen LogP contribution in [0.15, 0.2) is 72.9 Å². The lowest BCUT2D eigenvalue weighted by Crippen LogP contribution is -2.51. The number of hydrogen-bond acceptors (Lipinski definition) is 6. The first-order valence-electron chi connectivity index (χ1n) is 15.2. The van der Waals surface area contributed by atoms with Gasteiger partial charge in [0.1, 0.15) is 5.75 Å². The minimum absolute atomic E-state index is 0.0924. The standard InChI is InChI=1S/C34H40F3N5O2/c1-25-23-29(13-18-38-25)39-28-8-3-27(4-9-28)24-42(31-16-21-41(22-17-31)30-14-19-40(2)20-15-30)33(43)12-7-26-5-10-32(11-6-26)44-34(35,36)37/h3-13,18,23,30-31H,14-17,19-22,24H2,1-2H3,(H,38,39). The van der Waals surface area contributed by atoms with Crippen LogP contribution in [0.2, 0.25) is 0 Å². The molecule has 3 aromatic rings. The van der Waals surface area contributed by atoms with Crippen molar-refractivity contribution in [3.05, 3.63) is 89.8 Å². The molecule has 0 radical (unpaired) electrons. The highest BCUT2D eigenvalue weighted by Crippen LogP contribution is 2.26. The van der Waals surface area contributed by atoms with E-state index in [1.807, 2.05) is 48.2 Å². The number of hydrogen-bond donors (Lipinski definition) is 1. The van der Waals surface area contributed by atoms with Gasteiger partial charge in [0, 0.05) is 61.1 Å². The highest BCUT2D eigenvalue weighted by molar-refractivity contribution is 5.92. The summed E-state index contributed by atoms with van der Waals surface area (Å²) in [7, 11) is 2.17. The Bertz CT molecular complexity index is 1400. The third-order valence-corrected chi connectivity index (χ3v) is 8.45. The molecule has 0 spiro atoms. The number of benzene rings is 2. The SMILES string of the molecule is Cc1cc(Nc2ccc(CN(C(=O)C=Cc3ccc(OC(F)(F)F)cc3)C3CCN(C4CCN(C)CC4)CC3)cc2)ccn1. The van der Waals surface area contributed by atoms with Crippen LogP contribution in [0.3, 0.4) is 0 Å². The molecule has 3 heterocycles. The summed E-state index contributed by atoms with van der Waals surface area (Å²) in [4.78, 5) is 24.8. The number of nitrogens with one attached hydrogen (secondary N) is 1. The highest BCUT2D eigenvalue weighted by Gasteiger charge is 2.32. The monoisotopic (exact) mass is 607 g/mol. The summed E-state index contributed by atoms with van der Waals surface area (Å²) in [5.41, 5.74) is 4.48. The molecule has 44 heavy (non-hydrogen) atoms. The summed E-state index contributed by atoms with van der Waals surface area (Å²) in [5.74, 6) is -0.413. The van der Waals surface area contributed by atoms with Gasteiger partial charge in [0.05, 0.1) is 0 Å². The number of aryl methyl sites for hydroxylation is 1. The lowest BCUT2D eigenvalue weighted by Gasteiger charge is -2.43. The number of aromatic nitrogens is 1. The number of amides is 1. The summed E-state index contributed by atoms with van der Waals surface area (Å²) in [6.45, 7) is 6.58. The van der Waals surface area contributed by atoms with Crippen molar-refractivity contribution >= 4 is 23.4 Å². The molecule has 0 bridgehead atoms. The number of pyridine rings is 1. The summed E-state index contributed by atoms with van der Waals surface area (Å²) >= 11 is 0. The van der Waals surface area contributed by atoms with E-state index in [0.29, 0.717) is 18.2 Å². The van der Waals surface area contributed by atoms with Gasteiger partial charge in [-0.25, -0.2) is 0 Å². The number of halogens is 3. The van der Waals surface area contributed by atoms with E-state index in [0.717, 1.165) is 61.7 Å². The Balaban J connectivity index is 1.27. The lowest BCUT2D eigenvalue weighted by atomic mass is 9.96. The Morgan fingerprint density at radius 2 is 1.66 bits per heavy atom. The van der Waals surface area contributed by atoms with Crippen molar-refractivity contribution in [2.45, 2.75) is 57.6 Å². The van der Waals surface area contributed by atoms with Crippen LogP contribution in [0.25, 0.3) is 6.08 Å². The van der Waals surface area contributed by atoms with Crippen molar-refractivity contribution in [3.8, 4) is 5.75 Å². The molecule has 7 nitrogen and oxygen atoms in total. The molecular formula is C34H40F3N5O2. The van der Waals surface area contributed by atoms with Crippen molar-refractivity contribution in [3.63, 3.8) is 0 Å². The van der Waals surface area contributed by atoms with Gasteiger partial charge in [-0.3, -0.25) is 9.78 Å². The average molecular weight is 608 g/mol. The number of nitrogens with zero attached hydrogens (tertiary/aromatic N) is 4. The molecule has 2 saturated heterocycles. The minimum atomic E-state index is -4.75. The van der Waals surface area contributed by atoms with Gasteiger partial charge in [0.15, 0.2) is 0 Å². The summed E-state index contributed by atoms with van der Waals surface area (Å²) in [6, 6.07) is 18.2. The molecule has 0 atom stereocenters. The van der Waals surface area contributed by atoms with Crippen molar-refractivity contribution in [1.29, 1.82) is 0 Å². The van der Waals surface area contributed by atoms with Crippen molar-refractivity contribution in [2.24, 2.45) is 0 Å². The molecule has 1 N–H and O–H groups in total. The maximum Gasteiger partial charge on any atom is 0.573 e. The predicted molar refractivity (Wildman–Crippen MR) is 167 cm³/mol. The maximum atomic E-state index is 13.7. The van der Waals surface area contributed by atoms with Gasteiger partial charge < -0.3 is 24.8 Å². The second kappa shape index (κ2) is 14.3. The number of ether oxygens (including phenoxy) is 1. The van der Waals surface area contributed by atoms with Crippen LogP contribution >= 0.6 is 0 Å². The van der Waals surface area contributed by atoms with E-state index in [2.05, 4.69) is 31.9 Å². The van der Waals surface area contributed by atoms with Gasteiger partial charge in [-0.15, -0.1) is 13.2 Å². The van der Waals surface area contributed by atoms with E-state index in [-0.39, 0.29) is 17.7 Å². The highest BCUT2D eigenvalue weighted by atomic mass is 19.4. The average Bonchev–Trinajstić information content (AvgIpc) is 3.00. The molecule has 10 heteroatoms. The zero-order chi connectivity index (χ0) is 31.1. The Kier molecular flexibility index (Phi) is 10.2. The second-order valence-corrected chi connectivity index (χ2v) is 11.7. The fourth-order valence-electron chi connectivity index (χ4n) is 6.03. The number of carbonyl (C=O) groups excluding carboxylic acids is 1. The zero-order valence-corrected chi connectivity index (χ0v) is 25.3. The van der Waals surface area contributed by atoms with Gasteiger partial charge in [-0.2, -0.15) is 0 Å². The fourth-order valence-corrected chi connectivity index (χ4v) is 6.03. The van der Waals surface area contributed by atoms with E-state index in [4.69, 9.17) is 0 Å². The quantitative estimate of drug-likeness (QED) is 0.276. The molecule has 2 aliphatic rings. The minimum Gasteiger partial charge on any atom is -0.406 e. The molecule has 1 aromatic heterocycles. The third-order valence-electron chi connectivity index (χ3n) is 8.45. The van der Waals surface area contributed by atoms with Crippen LogP contribution in [0.4, 0.5) is 24.5 Å². The number of carbonyl (C=O) groups is 1. The summed E-state index contributed by atoms with van der Waals surface area (Å²) in [5, 5.41) is 3.39. The second-order valence-electron chi connectivity index (χ2n) is 11.7. The van der Waals surface area contributed by atoms with Crippen LogP contribution in [0, 0.1) is 6.92 Å². The molecule has 2 aromatic carbocycles. The van der Waals surface area contributed by atoms with E-state index in [1.54, 1.807) is 12.3 Å². The fraction of sp³-hybridized carbons (Fsp3) is 0.412. The Morgan fingerprint density at radius 1 is 0.977 bits per heavy atom. The molecule has 0 unspecified atom stereocenters. The van der Waals surface area contributed by atoms with Crippen LogP contribution in [-0.2, 0) is 11.3 Å². The molecule has 0 aliphatic carbocycles. The van der Waals surface area contributed by atoms with Crippen LogP contribution in [0.5, 0.6) is 5.75 Å². The Hall–Kier alpha value is -3.89. The van der Waals surface area contributed by atoms with Crippen LogP contribution in [0.1, 0.15) is 42.5 Å². The number of piperidine rings is 2. The largest absolute Gasteiger partial charge is 0.573 e. The maximum absolute atomic E-state index is 13.7. The Labute approximate surface area is 257 Å². The molecule has 0 saturated carbocycles. The number of likely N-dealkylation sites (tertiary alicyclic amines) is 2. The van der Waals surface area contributed by atoms with Crippen molar-refractivity contribution in [2.75, 3.05) is 38.5 Å². The molecule has 2 fully saturated rings. The van der Waals surface area contributed by atoms with Gasteiger partial charge in [-0.05, 0) is 106 Å². The van der Waals surface area contributed by atoms with Crippen molar-refractivity contribution < 1.29 is 22.7 Å². The predicted octanol–water partition coefficient (Wildman–Crippen LogP) is 6.63. The van der Waals surface area contributed by atoms with E-state index in [1.165, 1.54) is 43.2 Å². The zero-order valence-electron chi connectivity index (χ0n) is 25.3. The number of alkyl halides is 3. The summed E-state index contributed by atoms with van der Waals surface area (Å²) < 4.78 is 41.5. The van der Waals surface area contributed by atoms with Gasteiger partial charge >= 0.3 is 6.36 Å². The third kappa shape index (κ3) is 9.06. The lowest BCUT2D eigenvalue weighted by molar-refractivity contribution is -0.274. The molecule has 5 rings (SSSR count). The molecular weight excluding hydrogens is 567 g/mol. The summed E-state index contributed by atoms with van der Waals surface area (Å²) in [6.07, 6.45) is 4.34. The smallest absolute Gasteiger partial charge is 0.406 e. The first kappa shape index (κ1) is 31.5. The molecule has 2 aliphatic heterocycles. The van der Waals surface area contributed by atoms with Gasteiger partial charge in [-0.1, -0.05) is 24.3 Å². The van der Waals surface area contributed by atoms with Crippen molar-refractivity contribution in [1.82, 2.24) is 19.7 Å². The topological polar surface area (TPSA) is 60.9 Å². The van der Waals surface area contributed by atoms with Gasteiger partial charge in [0.2, 0.25) is 5.91 Å². The first-order valence-corrected chi connectivity index (χ1v) is 15.2. The van der Waals surface area contributed by atoms with E-state index >= 15 is 0 Å². The van der Waals surface area contributed by atoms with Crippen LogP contribution in [-0.4, -0.2) is 77.3 Å². The van der Waals surface area contributed by atoms with E-state index < -0.39 is 6.36 Å². The molecule has 1 amide bonds. The van der Waals surface area contributed by atoms with Crippen LogP contribution < -0.4 is 10.1 Å². The first-order chi connectivity index (χ1) is 21.1. The van der Waals surface area contributed by atoms with Gasteiger partial charge in [0.25, 0.3) is 0 Å². The number of rotatable bonds is 9. The number of anilines is 2. The molecule has 234 valence electrons. The van der Waals surface area contributed by atoms with E-state index in [9.17, 15) is 18.0 Å².